The lowest BCUT2D eigenvalue weighted by Gasteiger charge is -2.07. The number of halogens is 3. The highest BCUT2D eigenvalue weighted by molar-refractivity contribution is 14.1. The molecular formula is C13H9ClFIN2O. The molecule has 1 fully saturated rings. The maximum absolute atomic E-state index is 14.0. The second-order valence-corrected chi connectivity index (χ2v) is 5.98. The maximum atomic E-state index is 14.0. The molecule has 1 heterocycles. The third-order valence-electron chi connectivity index (χ3n) is 3.06. The van der Waals surface area contributed by atoms with Crippen molar-refractivity contribution in [1.29, 1.82) is 0 Å². The monoisotopic (exact) mass is 390 g/mol. The van der Waals surface area contributed by atoms with Crippen LogP contribution in [0.5, 0.6) is 0 Å². The van der Waals surface area contributed by atoms with Gasteiger partial charge in [-0.1, -0.05) is 17.7 Å². The van der Waals surface area contributed by atoms with Crippen molar-refractivity contribution in [1.82, 2.24) is 9.97 Å². The summed E-state index contributed by atoms with van der Waals surface area (Å²) >= 11 is 7.74. The first kappa shape index (κ1) is 13.1. The summed E-state index contributed by atoms with van der Waals surface area (Å²) in [6.07, 6.45) is 2.06. The fraction of sp³-hybridized carbons (Fsp3) is 0.231. The molecule has 0 atom stereocenters. The van der Waals surface area contributed by atoms with E-state index in [0.717, 1.165) is 18.5 Å². The van der Waals surface area contributed by atoms with Crippen molar-refractivity contribution in [3.63, 3.8) is 0 Å². The van der Waals surface area contributed by atoms with E-state index >= 15 is 0 Å². The summed E-state index contributed by atoms with van der Waals surface area (Å²) in [5, 5.41) is 0.0201. The van der Waals surface area contributed by atoms with E-state index in [4.69, 9.17) is 11.6 Å². The van der Waals surface area contributed by atoms with Crippen LogP contribution in [0, 0.1) is 9.39 Å². The van der Waals surface area contributed by atoms with Gasteiger partial charge in [-0.05, 0) is 47.6 Å². The first-order valence-electron chi connectivity index (χ1n) is 5.82. The van der Waals surface area contributed by atoms with Crippen LogP contribution in [0.3, 0.4) is 0 Å². The van der Waals surface area contributed by atoms with E-state index < -0.39 is 5.82 Å². The molecule has 0 amide bonds. The van der Waals surface area contributed by atoms with Gasteiger partial charge >= 0.3 is 0 Å². The summed E-state index contributed by atoms with van der Waals surface area (Å²) in [6.45, 7) is 0. The molecule has 6 heteroatoms. The van der Waals surface area contributed by atoms with Gasteiger partial charge < -0.3 is 4.98 Å². The molecule has 1 aliphatic rings. The zero-order valence-electron chi connectivity index (χ0n) is 9.71. The van der Waals surface area contributed by atoms with Crippen LogP contribution in [0.15, 0.2) is 23.0 Å². The van der Waals surface area contributed by atoms with Gasteiger partial charge in [-0.15, -0.1) is 0 Å². The Bertz CT molecular complexity index is 712. The van der Waals surface area contributed by atoms with Crippen LogP contribution < -0.4 is 5.56 Å². The minimum Gasteiger partial charge on any atom is -0.306 e. The second kappa shape index (κ2) is 4.86. The predicted octanol–water partition coefficient (Wildman–Crippen LogP) is 3.71. The molecule has 0 bridgehead atoms. The third kappa shape index (κ3) is 2.41. The molecule has 3 rings (SSSR count). The number of H-pyrrole nitrogens is 1. The Labute approximate surface area is 127 Å². The van der Waals surface area contributed by atoms with Gasteiger partial charge in [-0.3, -0.25) is 4.79 Å². The van der Waals surface area contributed by atoms with Gasteiger partial charge in [0.2, 0.25) is 0 Å². The summed E-state index contributed by atoms with van der Waals surface area (Å²) < 4.78 is 14.6. The van der Waals surface area contributed by atoms with Crippen molar-refractivity contribution in [2.24, 2.45) is 0 Å². The molecule has 1 aliphatic carbocycles. The number of nitrogens with zero attached hydrogens (tertiary/aromatic N) is 1. The molecule has 0 unspecified atom stereocenters. The van der Waals surface area contributed by atoms with Gasteiger partial charge in [0, 0.05) is 5.92 Å². The van der Waals surface area contributed by atoms with Crippen molar-refractivity contribution in [3.8, 4) is 11.4 Å². The number of hydrogen-bond donors (Lipinski definition) is 1. The molecule has 19 heavy (non-hydrogen) atoms. The van der Waals surface area contributed by atoms with E-state index in [2.05, 4.69) is 9.97 Å². The van der Waals surface area contributed by atoms with Crippen LogP contribution in [-0.4, -0.2) is 9.97 Å². The minimum absolute atomic E-state index is 0.0201. The summed E-state index contributed by atoms with van der Waals surface area (Å²) in [6, 6.07) is 4.66. The molecule has 98 valence electrons. The highest BCUT2D eigenvalue weighted by Crippen LogP contribution is 2.40. The van der Waals surface area contributed by atoms with Crippen LogP contribution in [0.4, 0.5) is 4.39 Å². The first-order valence-corrected chi connectivity index (χ1v) is 7.27. The SMILES string of the molecule is O=c1[nH]c(-c2cccc(Cl)c2F)nc(C2CC2)c1I. The standard InChI is InChI=1S/C13H9ClFIN2O/c14-8-3-1-2-7(9(8)15)12-17-11(6-4-5-6)10(16)13(19)18-12/h1-3,6H,4-5H2,(H,17,18,19). The normalized spacial score (nSPS) is 14.7. The van der Waals surface area contributed by atoms with E-state index in [0.29, 0.717) is 9.49 Å². The fourth-order valence-corrected chi connectivity index (χ4v) is 2.79. The Morgan fingerprint density at radius 3 is 2.84 bits per heavy atom. The average Bonchev–Trinajstić information content (AvgIpc) is 3.20. The van der Waals surface area contributed by atoms with Crippen molar-refractivity contribution < 1.29 is 4.39 Å². The third-order valence-corrected chi connectivity index (χ3v) is 4.39. The maximum Gasteiger partial charge on any atom is 0.264 e. The van der Waals surface area contributed by atoms with Gasteiger partial charge in [-0.25, -0.2) is 9.37 Å². The topological polar surface area (TPSA) is 45.8 Å². The number of aromatic amines is 1. The largest absolute Gasteiger partial charge is 0.306 e. The smallest absolute Gasteiger partial charge is 0.264 e. The highest BCUT2D eigenvalue weighted by atomic mass is 127. The van der Waals surface area contributed by atoms with E-state index in [1.165, 1.54) is 6.07 Å². The van der Waals surface area contributed by atoms with Crippen molar-refractivity contribution in [3.05, 3.63) is 48.7 Å². The highest BCUT2D eigenvalue weighted by Gasteiger charge is 2.29. The lowest BCUT2D eigenvalue weighted by atomic mass is 10.2. The molecule has 0 radical (unpaired) electrons. The van der Waals surface area contributed by atoms with Gasteiger partial charge in [0.15, 0.2) is 5.82 Å². The van der Waals surface area contributed by atoms with Gasteiger partial charge in [-0.2, -0.15) is 0 Å². The Morgan fingerprint density at radius 2 is 2.16 bits per heavy atom. The van der Waals surface area contributed by atoms with E-state index in [9.17, 15) is 9.18 Å². The van der Waals surface area contributed by atoms with Gasteiger partial charge in [0.25, 0.3) is 5.56 Å². The summed E-state index contributed by atoms with van der Waals surface area (Å²) in [4.78, 5) is 18.9. The van der Waals surface area contributed by atoms with Crippen molar-refractivity contribution in [2.75, 3.05) is 0 Å². The summed E-state index contributed by atoms with van der Waals surface area (Å²) in [5.41, 5.74) is 0.758. The lowest BCUT2D eigenvalue weighted by molar-refractivity contribution is 0.630. The molecule has 0 saturated heterocycles. The molecule has 0 spiro atoms. The Hall–Kier alpha value is -0.950. The lowest BCUT2D eigenvalue weighted by Crippen LogP contribution is -2.16. The zero-order chi connectivity index (χ0) is 13.6. The Balaban J connectivity index is 2.20. The van der Waals surface area contributed by atoms with E-state index in [-0.39, 0.29) is 22.0 Å². The molecule has 1 N–H and O–H groups in total. The first-order chi connectivity index (χ1) is 9.08. The molecular weight excluding hydrogens is 382 g/mol. The predicted molar refractivity (Wildman–Crippen MR) is 80.0 cm³/mol. The molecule has 1 saturated carbocycles. The van der Waals surface area contributed by atoms with E-state index in [1.807, 2.05) is 22.6 Å². The number of aromatic nitrogens is 2. The van der Waals surface area contributed by atoms with Crippen molar-refractivity contribution in [2.45, 2.75) is 18.8 Å². The number of benzene rings is 1. The Kier molecular flexibility index (Phi) is 3.34. The van der Waals surface area contributed by atoms with Crippen LogP contribution >= 0.6 is 34.2 Å². The van der Waals surface area contributed by atoms with Crippen molar-refractivity contribution >= 4 is 34.2 Å². The molecule has 1 aromatic carbocycles. The van der Waals surface area contributed by atoms with Crippen LogP contribution in [0.2, 0.25) is 5.02 Å². The van der Waals surface area contributed by atoms with Crippen LogP contribution in [0.1, 0.15) is 24.5 Å². The molecule has 2 aromatic rings. The molecule has 0 aliphatic heterocycles. The Morgan fingerprint density at radius 1 is 1.42 bits per heavy atom. The van der Waals surface area contributed by atoms with Gasteiger partial charge in [0.1, 0.15) is 5.82 Å². The molecule has 3 nitrogen and oxygen atoms in total. The summed E-state index contributed by atoms with van der Waals surface area (Å²) in [7, 11) is 0. The zero-order valence-corrected chi connectivity index (χ0v) is 12.6. The quantitative estimate of drug-likeness (QED) is 0.795. The van der Waals surface area contributed by atoms with E-state index in [1.54, 1.807) is 12.1 Å². The molecule has 1 aromatic heterocycles. The van der Waals surface area contributed by atoms with Crippen LogP contribution in [-0.2, 0) is 0 Å². The average molecular weight is 391 g/mol. The number of hydrogen-bond acceptors (Lipinski definition) is 2. The van der Waals surface area contributed by atoms with Crippen LogP contribution in [0.25, 0.3) is 11.4 Å². The van der Waals surface area contributed by atoms with Gasteiger partial charge in [0.05, 0.1) is 19.9 Å². The fourth-order valence-electron chi connectivity index (χ4n) is 1.92. The second-order valence-electron chi connectivity index (χ2n) is 4.49. The number of nitrogens with one attached hydrogen (secondary N) is 1. The number of rotatable bonds is 2. The summed E-state index contributed by atoms with van der Waals surface area (Å²) in [5.74, 6) is 0.0118. The minimum atomic E-state index is -0.560.